The molecule has 0 unspecified atom stereocenters. The Morgan fingerprint density at radius 1 is 1.35 bits per heavy atom. The maximum atomic E-state index is 12.0. The lowest BCUT2D eigenvalue weighted by Crippen LogP contribution is -2.23. The fourth-order valence-corrected chi connectivity index (χ4v) is 1.78. The average Bonchev–Trinajstić information content (AvgIpc) is 2.34. The first kappa shape index (κ1) is 11.5. The number of rotatable bonds is 3. The number of nitrogens with zero attached hydrogens (tertiary/aromatic N) is 2. The minimum absolute atomic E-state index is 0.0506. The Hall–Kier alpha value is -1.94. The van der Waals surface area contributed by atoms with Crippen LogP contribution < -0.4 is 11.3 Å². The molecule has 2 N–H and O–H groups in total. The van der Waals surface area contributed by atoms with Crippen LogP contribution in [0.1, 0.15) is 5.69 Å². The van der Waals surface area contributed by atoms with Crippen molar-refractivity contribution in [1.29, 1.82) is 0 Å². The third-order valence-electron chi connectivity index (χ3n) is 2.61. The van der Waals surface area contributed by atoms with Crippen molar-refractivity contribution >= 4 is 11.0 Å². The van der Waals surface area contributed by atoms with E-state index in [2.05, 4.69) is 4.98 Å². The van der Waals surface area contributed by atoms with E-state index in [0.29, 0.717) is 18.8 Å². The van der Waals surface area contributed by atoms with Crippen LogP contribution in [0.15, 0.2) is 41.2 Å². The summed E-state index contributed by atoms with van der Waals surface area (Å²) in [6.07, 6.45) is 3.74. The molecule has 0 amide bonds. The lowest BCUT2D eigenvalue weighted by molar-refractivity contribution is 0.794. The summed E-state index contributed by atoms with van der Waals surface area (Å²) in [7, 11) is 0. The van der Waals surface area contributed by atoms with Crippen LogP contribution in [0.2, 0.25) is 0 Å². The van der Waals surface area contributed by atoms with E-state index in [4.69, 9.17) is 5.73 Å². The summed E-state index contributed by atoms with van der Waals surface area (Å²) in [6, 6.07) is 7.63. The molecule has 17 heavy (non-hydrogen) atoms. The van der Waals surface area contributed by atoms with Crippen LogP contribution >= 0.6 is 0 Å². The predicted octanol–water partition coefficient (Wildman–Crippen LogP) is 1.22. The molecule has 1 aromatic carbocycles. The molecule has 4 nitrogen and oxygen atoms in total. The Labute approximate surface area is 99.4 Å². The summed E-state index contributed by atoms with van der Waals surface area (Å²) in [5.74, 6) is 0. The largest absolute Gasteiger partial charge is 0.327 e. The normalized spacial score (nSPS) is 11.4. The zero-order valence-electron chi connectivity index (χ0n) is 9.76. The number of aromatic nitrogens is 2. The van der Waals surface area contributed by atoms with Crippen LogP contribution in [0.5, 0.6) is 0 Å². The average molecular weight is 229 g/mol. The Morgan fingerprint density at radius 3 is 2.88 bits per heavy atom. The van der Waals surface area contributed by atoms with Gasteiger partial charge in [-0.3, -0.25) is 4.79 Å². The quantitative estimate of drug-likeness (QED) is 0.805. The summed E-state index contributed by atoms with van der Waals surface area (Å²) in [4.78, 5) is 16.3. The lowest BCUT2D eigenvalue weighted by atomic mass is 10.2. The van der Waals surface area contributed by atoms with Gasteiger partial charge in [0, 0.05) is 13.1 Å². The second kappa shape index (κ2) is 4.93. The monoisotopic (exact) mass is 229 g/mol. The molecular formula is C13H15N3O. The molecular weight excluding hydrogens is 214 g/mol. The molecule has 0 bridgehead atoms. The van der Waals surface area contributed by atoms with Gasteiger partial charge in [0.15, 0.2) is 0 Å². The van der Waals surface area contributed by atoms with Gasteiger partial charge in [0.2, 0.25) is 0 Å². The highest BCUT2D eigenvalue weighted by Crippen LogP contribution is 2.09. The van der Waals surface area contributed by atoms with Crippen molar-refractivity contribution in [1.82, 2.24) is 9.55 Å². The van der Waals surface area contributed by atoms with Crippen molar-refractivity contribution in [2.45, 2.75) is 13.5 Å². The molecule has 2 aromatic rings. The van der Waals surface area contributed by atoms with Gasteiger partial charge in [0.1, 0.15) is 5.69 Å². The van der Waals surface area contributed by atoms with E-state index in [9.17, 15) is 4.79 Å². The maximum absolute atomic E-state index is 12.0. The van der Waals surface area contributed by atoms with E-state index in [1.54, 1.807) is 11.5 Å². The number of nitrogens with two attached hydrogens (primary N) is 1. The van der Waals surface area contributed by atoms with E-state index < -0.39 is 0 Å². The fraction of sp³-hybridized carbons (Fsp3) is 0.231. The topological polar surface area (TPSA) is 60.9 Å². The van der Waals surface area contributed by atoms with Crippen molar-refractivity contribution in [2.75, 3.05) is 6.54 Å². The number of hydrogen-bond acceptors (Lipinski definition) is 3. The van der Waals surface area contributed by atoms with Gasteiger partial charge < -0.3 is 10.3 Å². The maximum Gasteiger partial charge on any atom is 0.272 e. The van der Waals surface area contributed by atoms with Gasteiger partial charge in [-0.1, -0.05) is 24.3 Å². The number of aryl methyl sites for hydroxylation is 1. The number of hydrogen-bond donors (Lipinski definition) is 1. The van der Waals surface area contributed by atoms with E-state index in [1.165, 1.54) is 0 Å². The fourth-order valence-electron chi connectivity index (χ4n) is 1.78. The van der Waals surface area contributed by atoms with Crippen LogP contribution in [-0.2, 0) is 6.54 Å². The SMILES string of the molecule is Cc1nc2ccccc2n(CC=CCN)c1=O. The second-order valence-corrected chi connectivity index (χ2v) is 3.81. The Bertz CT molecular complexity index is 614. The first-order valence-electron chi connectivity index (χ1n) is 5.55. The molecule has 0 aliphatic rings. The van der Waals surface area contributed by atoms with Crippen molar-refractivity contribution < 1.29 is 0 Å². The van der Waals surface area contributed by atoms with Gasteiger partial charge in [-0.2, -0.15) is 0 Å². The molecule has 1 aromatic heterocycles. The van der Waals surface area contributed by atoms with Gasteiger partial charge >= 0.3 is 0 Å². The van der Waals surface area contributed by atoms with Crippen molar-refractivity contribution in [3.8, 4) is 0 Å². The molecule has 4 heteroatoms. The number of benzene rings is 1. The number of allylic oxidation sites excluding steroid dienone is 1. The minimum atomic E-state index is -0.0506. The number of para-hydroxylation sites is 2. The standard InChI is InChI=1S/C13H15N3O/c1-10-13(17)16(9-5-4-8-14)12-7-3-2-6-11(12)15-10/h2-7H,8-9,14H2,1H3. The third kappa shape index (κ3) is 2.26. The van der Waals surface area contributed by atoms with Gasteiger partial charge in [-0.05, 0) is 19.1 Å². The van der Waals surface area contributed by atoms with Crippen LogP contribution in [-0.4, -0.2) is 16.1 Å². The van der Waals surface area contributed by atoms with Gasteiger partial charge in [-0.15, -0.1) is 0 Å². The molecule has 0 aliphatic heterocycles. The molecule has 0 fully saturated rings. The van der Waals surface area contributed by atoms with Crippen LogP contribution in [0, 0.1) is 6.92 Å². The minimum Gasteiger partial charge on any atom is -0.327 e. The van der Waals surface area contributed by atoms with Crippen LogP contribution in [0.3, 0.4) is 0 Å². The summed E-state index contributed by atoms with van der Waals surface area (Å²) in [5.41, 5.74) is 7.54. The first-order valence-corrected chi connectivity index (χ1v) is 5.55. The molecule has 0 saturated heterocycles. The highest BCUT2D eigenvalue weighted by Gasteiger charge is 2.05. The molecule has 0 radical (unpaired) electrons. The van der Waals surface area contributed by atoms with Gasteiger partial charge in [0.05, 0.1) is 11.0 Å². The molecule has 0 atom stereocenters. The first-order chi connectivity index (χ1) is 8.24. The van der Waals surface area contributed by atoms with Crippen LogP contribution in [0.25, 0.3) is 11.0 Å². The molecule has 0 aliphatic carbocycles. The summed E-state index contributed by atoms with van der Waals surface area (Å²) in [6.45, 7) is 2.74. The van der Waals surface area contributed by atoms with E-state index in [0.717, 1.165) is 11.0 Å². The second-order valence-electron chi connectivity index (χ2n) is 3.81. The zero-order valence-corrected chi connectivity index (χ0v) is 9.76. The van der Waals surface area contributed by atoms with Crippen molar-refractivity contribution in [3.63, 3.8) is 0 Å². The molecule has 2 rings (SSSR count). The molecule has 1 heterocycles. The third-order valence-corrected chi connectivity index (χ3v) is 2.61. The Morgan fingerprint density at radius 2 is 2.12 bits per heavy atom. The molecule has 0 spiro atoms. The zero-order chi connectivity index (χ0) is 12.3. The summed E-state index contributed by atoms with van der Waals surface area (Å²) < 4.78 is 1.71. The number of fused-ring (bicyclic) bond motifs is 1. The summed E-state index contributed by atoms with van der Waals surface area (Å²) >= 11 is 0. The molecule has 0 saturated carbocycles. The Balaban J connectivity index is 2.61. The van der Waals surface area contributed by atoms with E-state index >= 15 is 0 Å². The smallest absolute Gasteiger partial charge is 0.272 e. The van der Waals surface area contributed by atoms with E-state index in [-0.39, 0.29) is 5.56 Å². The van der Waals surface area contributed by atoms with Crippen LogP contribution in [0.4, 0.5) is 0 Å². The summed E-state index contributed by atoms with van der Waals surface area (Å²) in [5, 5.41) is 0. The van der Waals surface area contributed by atoms with Crippen molar-refractivity contribution in [3.05, 3.63) is 52.5 Å². The highest BCUT2D eigenvalue weighted by atomic mass is 16.1. The Kier molecular flexibility index (Phi) is 3.35. The predicted molar refractivity (Wildman–Crippen MR) is 68.9 cm³/mol. The van der Waals surface area contributed by atoms with E-state index in [1.807, 2.05) is 36.4 Å². The van der Waals surface area contributed by atoms with Gasteiger partial charge in [-0.25, -0.2) is 4.98 Å². The van der Waals surface area contributed by atoms with Gasteiger partial charge in [0.25, 0.3) is 5.56 Å². The van der Waals surface area contributed by atoms with Crippen molar-refractivity contribution in [2.24, 2.45) is 5.73 Å². The highest BCUT2D eigenvalue weighted by molar-refractivity contribution is 5.74. The lowest BCUT2D eigenvalue weighted by Gasteiger charge is -2.08. The molecule has 88 valence electrons.